The maximum atomic E-state index is 13.6. The molecule has 2 aromatic carbocycles. The first kappa shape index (κ1) is 15.5. The summed E-state index contributed by atoms with van der Waals surface area (Å²) in [5.74, 6) is -0.657. The van der Waals surface area contributed by atoms with Gasteiger partial charge in [-0.15, -0.1) is 0 Å². The molecular weight excluding hydrogens is 290 g/mol. The summed E-state index contributed by atoms with van der Waals surface area (Å²) in [7, 11) is 1.87. The van der Waals surface area contributed by atoms with Crippen molar-refractivity contribution in [1.82, 2.24) is 4.90 Å². The number of nitrogens with zero attached hydrogens (tertiary/aromatic N) is 1. The molecule has 0 atom stereocenters. The van der Waals surface area contributed by atoms with Crippen LogP contribution in [0.3, 0.4) is 0 Å². The smallest absolute Gasteiger partial charge is 0.133 e. The second kappa shape index (κ2) is 6.74. The van der Waals surface area contributed by atoms with Gasteiger partial charge in [0.05, 0.1) is 0 Å². The first-order valence-electron chi connectivity index (χ1n) is 6.47. The van der Waals surface area contributed by atoms with Gasteiger partial charge in [-0.2, -0.15) is 0 Å². The summed E-state index contributed by atoms with van der Waals surface area (Å²) in [6, 6.07) is 11.3. The number of benzene rings is 2. The van der Waals surface area contributed by atoms with E-state index in [1.54, 1.807) is 30.3 Å². The molecule has 2 nitrogen and oxygen atoms in total. The quantitative estimate of drug-likeness (QED) is 0.860. The highest BCUT2D eigenvalue weighted by atomic mass is 32.1. The summed E-state index contributed by atoms with van der Waals surface area (Å²) >= 11 is 4.82. The Morgan fingerprint density at radius 1 is 1.10 bits per heavy atom. The van der Waals surface area contributed by atoms with Crippen LogP contribution in [0.5, 0.6) is 0 Å². The summed E-state index contributed by atoms with van der Waals surface area (Å²) in [5.41, 5.74) is 7.22. The van der Waals surface area contributed by atoms with Crippen LogP contribution in [0.25, 0.3) is 0 Å². The first-order chi connectivity index (χ1) is 9.97. The fraction of sp³-hybridized carbons (Fsp3) is 0.188. The Morgan fingerprint density at radius 3 is 2.48 bits per heavy atom. The molecule has 0 unspecified atom stereocenters. The van der Waals surface area contributed by atoms with Gasteiger partial charge in [0.1, 0.15) is 16.6 Å². The Labute approximate surface area is 128 Å². The third-order valence-electron chi connectivity index (χ3n) is 3.15. The molecule has 0 bridgehead atoms. The molecule has 0 amide bonds. The van der Waals surface area contributed by atoms with Crippen LogP contribution in [0.2, 0.25) is 0 Å². The molecule has 2 aromatic rings. The standard InChI is InChI=1S/C16H16F2N2S/c1-20(10-12-4-2-3-5-14(12)17)9-11-6-7-15(18)13(8-11)16(19)21/h2-8H,9-10H2,1H3,(H2,19,21). The highest BCUT2D eigenvalue weighted by molar-refractivity contribution is 7.80. The number of halogens is 2. The molecule has 110 valence electrons. The Bertz CT molecular complexity index is 658. The van der Waals surface area contributed by atoms with Crippen molar-refractivity contribution >= 4 is 17.2 Å². The van der Waals surface area contributed by atoms with Gasteiger partial charge in [0.2, 0.25) is 0 Å². The van der Waals surface area contributed by atoms with E-state index in [-0.39, 0.29) is 16.4 Å². The molecule has 0 heterocycles. The van der Waals surface area contributed by atoms with Gasteiger partial charge in [-0.1, -0.05) is 36.5 Å². The minimum Gasteiger partial charge on any atom is -0.389 e. The molecule has 0 aliphatic heterocycles. The number of hydrogen-bond acceptors (Lipinski definition) is 2. The zero-order valence-electron chi connectivity index (χ0n) is 11.6. The monoisotopic (exact) mass is 306 g/mol. The molecule has 2 rings (SSSR count). The van der Waals surface area contributed by atoms with Crippen molar-refractivity contribution in [2.75, 3.05) is 7.05 Å². The van der Waals surface area contributed by atoms with Crippen LogP contribution in [-0.4, -0.2) is 16.9 Å². The predicted octanol–water partition coefficient (Wildman–Crippen LogP) is 3.23. The molecule has 0 fully saturated rings. The van der Waals surface area contributed by atoms with E-state index in [9.17, 15) is 8.78 Å². The Hall–Kier alpha value is -1.85. The summed E-state index contributed by atoms with van der Waals surface area (Å²) in [6.07, 6.45) is 0. The van der Waals surface area contributed by atoms with Gasteiger partial charge in [0.15, 0.2) is 0 Å². The van der Waals surface area contributed by atoms with Crippen molar-refractivity contribution in [1.29, 1.82) is 0 Å². The molecular formula is C16H16F2N2S. The van der Waals surface area contributed by atoms with Gasteiger partial charge in [-0.05, 0) is 30.8 Å². The van der Waals surface area contributed by atoms with Crippen LogP contribution in [0.1, 0.15) is 16.7 Å². The maximum Gasteiger partial charge on any atom is 0.133 e. The lowest BCUT2D eigenvalue weighted by Crippen LogP contribution is -2.19. The lowest BCUT2D eigenvalue weighted by atomic mass is 10.1. The molecule has 0 aliphatic rings. The Balaban J connectivity index is 2.09. The minimum absolute atomic E-state index is 0.0334. The number of thiocarbonyl (C=S) groups is 1. The van der Waals surface area contributed by atoms with Gasteiger partial charge in [0, 0.05) is 24.2 Å². The van der Waals surface area contributed by atoms with E-state index in [2.05, 4.69) is 0 Å². The Kier molecular flexibility index (Phi) is 4.98. The molecule has 0 aromatic heterocycles. The molecule has 0 spiro atoms. The summed E-state index contributed by atoms with van der Waals surface area (Å²) in [6.45, 7) is 1.01. The third-order valence-corrected chi connectivity index (χ3v) is 3.37. The topological polar surface area (TPSA) is 29.3 Å². The highest BCUT2D eigenvalue weighted by Gasteiger charge is 2.09. The summed E-state index contributed by atoms with van der Waals surface area (Å²) in [5, 5.41) is 0. The number of rotatable bonds is 5. The Morgan fingerprint density at radius 2 is 1.81 bits per heavy atom. The zero-order valence-corrected chi connectivity index (χ0v) is 12.5. The van der Waals surface area contributed by atoms with Crippen molar-refractivity contribution in [3.8, 4) is 0 Å². The van der Waals surface area contributed by atoms with E-state index in [0.29, 0.717) is 18.7 Å². The van der Waals surface area contributed by atoms with E-state index >= 15 is 0 Å². The minimum atomic E-state index is -0.428. The largest absolute Gasteiger partial charge is 0.389 e. The number of hydrogen-bond donors (Lipinski definition) is 1. The fourth-order valence-electron chi connectivity index (χ4n) is 2.14. The van der Waals surface area contributed by atoms with Crippen molar-refractivity contribution in [3.63, 3.8) is 0 Å². The molecule has 0 saturated carbocycles. The lowest BCUT2D eigenvalue weighted by molar-refractivity contribution is 0.313. The first-order valence-corrected chi connectivity index (χ1v) is 6.88. The zero-order chi connectivity index (χ0) is 15.4. The maximum absolute atomic E-state index is 13.6. The van der Waals surface area contributed by atoms with Crippen LogP contribution in [-0.2, 0) is 13.1 Å². The van der Waals surface area contributed by atoms with Gasteiger partial charge < -0.3 is 5.73 Å². The highest BCUT2D eigenvalue weighted by Crippen LogP contribution is 2.14. The third kappa shape index (κ3) is 4.06. The molecule has 0 radical (unpaired) electrons. The van der Waals surface area contributed by atoms with Crippen LogP contribution in [0.15, 0.2) is 42.5 Å². The van der Waals surface area contributed by atoms with Crippen molar-refractivity contribution in [3.05, 3.63) is 70.8 Å². The normalized spacial score (nSPS) is 10.9. The van der Waals surface area contributed by atoms with Crippen LogP contribution >= 0.6 is 12.2 Å². The molecule has 5 heteroatoms. The van der Waals surface area contributed by atoms with Gasteiger partial charge in [-0.3, -0.25) is 4.90 Å². The second-order valence-electron chi connectivity index (χ2n) is 4.94. The average molecular weight is 306 g/mol. The van der Waals surface area contributed by atoms with Crippen molar-refractivity contribution < 1.29 is 8.78 Å². The fourth-order valence-corrected chi connectivity index (χ4v) is 2.30. The van der Waals surface area contributed by atoms with Crippen LogP contribution in [0, 0.1) is 11.6 Å². The van der Waals surface area contributed by atoms with Gasteiger partial charge in [-0.25, -0.2) is 8.78 Å². The number of nitrogens with two attached hydrogens (primary N) is 1. The molecule has 21 heavy (non-hydrogen) atoms. The average Bonchev–Trinajstić information content (AvgIpc) is 2.43. The second-order valence-corrected chi connectivity index (χ2v) is 5.38. The SMILES string of the molecule is CN(Cc1ccc(F)c(C(N)=S)c1)Cc1ccccc1F. The van der Waals surface area contributed by atoms with Gasteiger partial charge in [0.25, 0.3) is 0 Å². The lowest BCUT2D eigenvalue weighted by Gasteiger charge is -2.17. The summed E-state index contributed by atoms with van der Waals surface area (Å²) < 4.78 is 27.1. The van der Waals surface area contributed by atoms with Crippen LogP contribution < -0.4 is 5.73 Å². The van der Waals surface area contributed by atoms with E-state index in [1.807, 2.05) is 11.9 Å². The van der Waals surface area contributed by atoms with E-state index in [0.717, 1.165) is 5.56 Å². The molecule has 0 saturated heterocycles. The van der Waals surface area contributed by atoms with Crippen LogP contribution in [0.4, 0.5) is 8.78 Å². The van der Waals surface area contributed by atoms with E-state index in [4.69, 9.17) is 18.0 Å². The predicted molar refractivity (Wildman–Crippen MR) is 83.9 cm³/mol. The van der Waals surface area contributed by atoms with E-state index in [1.165, 1.54) is 12.1 Å². The molecule has 2 N–H and O–H groups in total. The van der Waals surface area contributed by atoms with E-state index < -0.39 is 5.82 Å². The van der Waals surface area contributed by atoms with Gasteiger partial charge >= 0.3 is 0 Å². The van der Waals surface area contributed by atoms with Crippen molar-refractivity contribution in [2.45, 2.75) is 13.1 Å². The van der Waals surface area contributed by atoms with Crippen molar-refractivity contribution in [2.24, 2.45) is 5.73 Å². The molecule has 0 aliphatic carbocycles. The summed E-state index contributed by atoms with van der Waals surface area (Å²) in [4.78, 5) is 1.97.